The Labute approximate surface area is 162 Å². The number of imidazole rings is 2. The molecule has 0 unspecified atom stereocenters. The third kappa shape index (κ3) is 3.18. The Morgan fingerprint density at radius 1 is 0.607 bits per heavy atom. The Bertz CT molecular complexity index is 968. The van der Waals surface area contributed by atoms with Crippen molar-refractivity contribution < 1.29 is 0 Å². The summed E-state index contributed by atoms with van der Waals surface area (Å²) >= 11 is 0. The van der Waals surface area contributed by atoms with E-state index < -0.39 is 0 Å². The topological polar surface area (TPSA) is 80.8 Å². The van der Waals surface area contributed by atoms with Crippen molar-refractivity contribution in [2.45, 2.75) is 0 Å². The van der Waals surface area contributed by atoms with E-state index in [0.717, 1.165) is 26.2 Å². The summed E-state index contributed by atoms with van der Waals surface area (Å²) in [5.41, 5.74) is 1.25. The van der Waals surface area contributed by atoms with Crippen molar-refractivity contribution in [3.8, 4) is 11.9 Å². The number of hydrogen-bond donors (Lipinski definition) is 0. The first-order chi connectivity index (χ1) is 13.9. The summed E-state index contributed by atoms with van der Waals surface area (Å²) < 4.78 is 3.57. The summed E-state index contributed by atoms with van der Waals surface area (Å²) in [6.07, 6.45) is 10.4. The fourth-order valence-electron chi connectivity index (χ4n) is 3.27. The van der Waals surface area contributed by atoms with Gasteiger partial charge in [-0.05, 0) is 12.1 Å². The van der Waals surface area contributed by atoms with E-state index in [1.165, 1.54) is 5.69 Å². The lowest BCUT2D eigenvalue weighted by Gasteiger charge is -2.36. The summed E-state index contributed by atoms with van der Waals surface area (Å²) in [7, 11) is 0. The van der Waals surface area contributed by atoms with Crippen LogP contribution in [0.15, 0.2) is 67.8 Å². The first kappa shape index (κ1) is 16.4. The Morgan fingerprint density at radius 2 is 1.14 bits per heavy atom. The highest BCUT2D eigenvalue weighted by Gasteiger charge is 2.21. The highest BCUT2D eigenvalue weighted by Crippen LogP contribution is 2.19. The molecule has 9 nitrogen and oxygen atoms in total. The van der Waals surface area contributed by atoms with Crippen molar-refractivity contribution in [1.29, 1.82) is 0 Å². The molecule has 1 aromatic carbocycles. The number of rotatable bonds is 4. The van der Waals surface area contributed by atoms with Crippen molar-refractivity contribution in [1.82, 2.24) is 34.1 Å². The van der Waals surface area contributed by atoms with Crippen LogP contribution in [0.5, 0.6) is 0 Å². The van der Waals surface area contributed by atoms with E-state index in [9.17, 15) is 0 Å². The first-order valence-electron chi connectivity index (χ1n) is 9.14. The third-order valence-electron chi connectivity index (χ3n) is 4.75. The number of benzene rings is 1. The van der Waals surface area contributed by atoms with E-state index in [1.807, 2.05) is 18.5 Å². The van der Waals surface area contributed by atoms with Crippen molar-refractivity contribution in [3.63, 3.8) is 0 Å². The molecule has 1 aliphatic rings. The van der Waals surface area contributed by atoms with Gasteiger partial charge in [0, 0.05) is 56.7 Å². The van der Waals surface area contributed by atoms with E-state index in [1.54, 1.807) is 34.2 Å². The number of aromatic nitrogens is 7. The lowest BCUT2D eigenvalue weighted by atomic mass is 10.2. The molecule has 0 radical (unpaired) electrons. The van der Waals surface area contributed by atoms with Crippen LogP contribution in [-0.2, 0) is 0 Å². The SMILES string of the molecule is c1ccc(N2CCN(c3nc(-n4ccnc4)nc(-n4ccnc4)n3)CC2)cc1. The van der Waals surface area contributed by atoms with Crippen LogP contribution in [0, 0.1) is 0 Å². The Kier molecular flexibility index (Phi) is 4.17. The summed E-state index contributed by atoms with van der Waals surface area (Å²) in [5.74, 6) is 1.74. The summed E-state index contributed by atoms with van der Waals surface area (Å²) in [6, 6.07) is 10.5. The monoisotopic (exact) mass is 373 g/mol. The van der Waals surface area contributed by atoms with Crippen LogP contribution in [0.25, 0.3) is 11.9 Å². The highest BCUT2D eigenvalue weighted by atomic mass is 15.4. The fraction of sp³-hybridized carbons (Fsp3) is 0.211. The van der Waals surface area contributed by atoms with Crippen LogP contribution in [0.3, 0.4) is 0 Å². The molecular weight excluding hydrogens is 354 g/mol. The molecule has 4 aromatic rings. The molecule has 1 saturated heterocycles. The molecule has 0 aliphatic carbocycles. The smallest absolute Gasteiger partial charge is 0.241 e. The van der Waals surface area contributed by atoms with Crippen molar-refractivity contribution >= 4 is 11.6 Å². The van der Waals surface area contributed by atoms with Crippen molar-refractivity contribution in [2.75, 3.05) is 36.0 Å². The van der Waals surface area contributed by atoms with Crippen molar-refractivity contribution in [2.24, 2.45) is 0 Å². The van der Waals surface area contributed by atoms with Gasteiger partial charge in [-0.25, -0.2) is 9.97 Å². The molecular formula is C19H19N9. The molecule has 0 bridgehead atoms. The fourth-order valence-corrected chi connectivity index (χ4v) is 3.27. The predicted octanol–water partition coefficient (Wildman–Crippen LogP) is 1.57. The molecule has 1 fully saturated rings. The van der Waals surface area contributed by atoms with Gasteiger partial charge in [-0.3, -0.25) is 9.13 Å². The van der Waals surface area contributed by atoms with E-state index in [2.05, 4.69) is 59.0 Å². The van der Waals surface area contributed by atoms with Gasteiger partial charge in [-0.15, -0.1) is 0 Å². The average Bonchev–Trinajstić information content (AvgIpc) is 3.48. The third-order valence-corrected chi connectivity index (χ3v) is 4.75. The molecule has 0 atom stereocenters. The van der Waals surface area contributed by atoms with Crippen LogP contribution in [0.2, 0.25) is 0 Å². The second-order valence-corrected chi connectivity index (χ2v) is 6.48. The van der Waals surface area contributed by atoms with Crippen molar-refractivity contribution in [3.05, 3.63) is 67.8 Å². The Hall–Kier alpha value is -3.75. The lowest BCUT2D eigenvalue weighted by Crippen LogP contribution is -2.47. The Morgan fingerprint density at radius 3 is 1.68 bits per heavy atom. The van der Waals surface area contributed by atoms with E-state index in [0.29, 0.717) is 17.8 Å². The number of para-hydroxylation sites is 1. The van der Waals surface area contributed by atoms with Gasteiger partial charge in [0.25, 0.3) is 0 Å². The number of nitrogens with zero attached hydrogens (tertiary/aromatic N) is 9. The van der Waals surface area contributed by atoms with Gasteiger partial charge in [-0.2, -0.15) is 15.0 Å². The summed E-state index contributed by atoms with van der Waals surface area (Å²) in [5, 5.41) is 0. The highest BCUT2D eigenvalue weighted by molar-refractivity contribution is 5.48. The van der Waals surface area contributed by atoms with Gasteiger partial charge < -0.3 is 9.80 Å². The maximum atomic E-state index is 4.68. The molecule has 28 heavy (non-hydrogen) atoms. The average molecular weight is 373 g/mol. The van der Waals surface area contributed by atoms with E-state index in [4.69, 9.17) is 0 Å². The van der Waals surface area contributed by atoms with Crippen LogP contribution in [0.4, 0.5) is 11.6 Å². The minimum Gasteiger partial charge on any atom is -0.368 e. The van der Waals surface area contributed by atoms with Gasteiger partial charge in [0.1, 0.15) is 12.7 Å². The second-order valence-electron chi connectivity index (χ2n) is 6.48. The van der Waals surface area contributed by atoms with Gasteiger partial charge in [0.05, 0.1) is 0 Å². The minimum absolute atomic E-state index is 0.539. The van der Waals surface area contributed by atoms with Gasteiger partial charge in [0.15, 0.2) is 0 Å². The molecule has 1 aliphatic heterocycles. The maximum absolute atomic E-state index is 4.68. The van der Waals surface area contributed by atoms with Crippen LogP contribution >= 0.6 is 0 Å². The molecule has 5 rings (SSSR count). The predicted molar refractivity (Wildman–Crippen MR) is 105 cm³/mol. The molecule has 0 saturated carbocycles. The zero-order chi connectivity index (χ0) is 18.8. The summed E-state index contributed by atoms with van der Waals surface area (Å²) in [4.78, 5) is 26.7. The van der Waals surface area contributed by atoms with Gasteiger partial charge >= 0.3 is 0 Å². The first-order valence-corrected chi connectivity index (χ1v) is 9.14. The second kappa shape index (κ2) is 7.10. The number of hydrogen-bond acceptors (Lipinski definition) is 7. The number of piperazine rings is 1. The zero-order valence-electron chi connectivity index (χ0n) is 15.2. The molecule has 9 heteroatoms. The van der Waals surface area contributed by atoms with Crippen LogP contribution in [0.1, 0.15) is 0 Å². The zero-order valence-corrected chi connectivity index (χ0v) is 15.2. The summed E-state index contributed by atoms with van der Waals surface area (Å²) in [6.45, 7) is 3.50. The van der Waals surface area contributed by atoms with Gasteiger partial charge in [-0.1, -0.05) is 18.2 Å². The molecule has 140 valence electrons. The minimum atomic E-state index is 0.539. The normalized spacial score (nSPS) is 14.4. The van der Waals surface area contributed by atoms with E-state index in [-0.39, 0.29) is 0 Å². The molecule has 4 heterocycles. The van der Waals surface area contributed by atoms with Gasteiger partial charge in [0.2, 0.25) is 17.8 Å². The van der Waals surface area contributed by atoms with Crippen LogP contribution in [-0.4, -0.2) is 60.2 Å². The standard InChI is InChI=1S/C19H19N9/c1-2-4-16(5-3-1)25-10-12-26(13-11-25)17-22-18(27-8-6-20-14-27)24-19(23-17)28-9-7-21-15-28/h1-9,14-15H,10-13H2. The quantitative estimate of drug-likeness (QED) is 0.537. The van der Waals surface area contributed by atoms with Crippen LogP contribution < -0.4 is 9.80 Å². The maximum Gasteiger partial charge on any atom is 0.241 e. The van der Waals surface area contributed by atoms with E-state index >= 15 is 0 Å². The largest absolute Gasteiger partial charge is 0.368 e. The molecule has 0 amide bonds. The molecule has 3 aromatic heterocycles. The molecule has 0 N–H and O–H groups in total. The Balaban J connectivity index is 1.43. The lowest BCUT2D eigenvalue weighted by molar-refractivity contribution is 0.634. The number of anilines is 2. The molecule has 0 spiro atoms.